The van der Waals surface area contributed by atoms with Crippen molar-refractivity contribution in [2.24, 2.45) is 5.84 Å². The van der Waals surface area contributed by atoms with E-state index in [1.807, 2.05) is 48.4 Å². The molecular weight excluding hydrogens is 286 g/mol. The number of hydrazine groups is 1. The summed E-state index contributed by atoms with van der Waals surface area (Å²) in [6.07, 6.45) is 0. The molecule has 1 atom stereocenters. The number of hydrogen-bond acceptors (Lipinski definition) is 4. The number of nitrogens with one attached hydrogen (secondary N) is 1. The fourth-order valence-corrected chi connectivity index (χ4v) is 3.79. The number of nitrogens with two attached hydrogens (primary N) is 1. The third-order valence-electron chi connectivity index (χ3n) is 3.45. The van der Waals surface area contributed by atoms with Gasteiger partial charge in [0.2, 0.25) is 0 Å². The molecule has 0 spiro atoms. The molecule has 21 heavy (non-hydrogen) atoms. The Morgan fingerprint density at radius 3 is 2.81 bits per heavy atom. The molecule has 0 radical (unpaired) electrons. The molecule has 1 fully saturated rings. The average molecular weight is 299 g/mol. The third kappa shape index (κ3) is 2.29. The van der Waals surface area contributed by atoms with Crippen LogP contribution < -0.4 is 11.3 Å². The smallest absolute Gasteiger partial charge is 0.275 e. The van der Waals surface area contributed by atoms with Crippen LogP contribution in [0.25, 0.3) is 10.8 Å². The number of amides is 2. The van der Waals surface area contributed by atoms with Gasteiger partial charge < -0.3 is 0 Å². The van der Waals surface area contributed by atoms with Crippen LogP contribution >= 0.6 is 11.8 Å². The molecule has 0 bridgehead atoms. The molecule has 2 aromatic rings. The van der Waals surface area contributed by atoms with Crippen molar-refractivity contribution in [2.75, 3.05) is 5.75 Å². The van der Waals surface area contributed by atoms with E-state index in [-0.39, 0.29) is 5.37 Å². The fraction of sp³-hybridized carbons (Fsp3) is 0.133. The summed E-state index contributed by atoms with van der Waals surface area (Å²) in [6, 6.07) is 13.4. The van der Waals surface area contributed by atoms with Crippen LogP contribution in [0, 0.1) is 0 Å². The zero-order valence-corrected chi connectivity index (χ0v) is 11.9. The number of urea groups is 1. The van der Waals surface area contributed by atoms with Gasteiger partial charge in [-0.25, -0.2) is 15.4 Å². The number of rotatable bonds is 1. The minimum Gasteiger partial charge on any atom is -0.275 e. The first-order valence-corrected chi connectivity index (χ1v) is 7.44. The molecule has 0 aromatic heterocycles. The molecule has 6 heteroatoms. The van der Waals surface area contributed by atoms with Crippen molar-refractivity contribution in [3.8, 4) is 0 Å². The molecule has 1 unspecified atom stereocenters. The fourth-order valence-electron chi connectivity index (χ4n) is 2.52. The topological polar surface area (TPSA) is 75.4 Å². The molecule has 2 amide bonds. The second-order valence-electron chi connectivity index (χ2n) is 4.60. The third-order valence-corrected chi connectivity index (χ3v) is 4.67. The number of thioether (sulfide) groups is 1. The van der Waals surface area contributed by atoms with Crippen LogP contribution in [0.1, 0.15) is 10.9 Å². The summed E-state index contributed by atoms with van der Waals surface area (Å²) in [5.74, 6) is 7.50. The number of carbonyl (C=O) groups is 1. The Labute approximate surface area is 125 Å². The number of benzene rings is 2. The first kappa shape index (κ1) is 13.7. The molecule has 1 aliphatic rings. The van der Waals surface area contributed by atoms with E-state index in [2.05, 4.69) is 5.43 Å². The molecular formula is C15H13N3O2S. The van der Waals surface area contributed by atoms with Crippen molar-refractivity contribution >= 4 is 34.5 Å². The monoisotopic (exact) mass is 299 g/mol. The lowest BCUT2D eigenvalue weighted by Gasteiger charge is -2.24. The van der Waals surface area contributed by atoms with Crippen molar-refractivity contribution in [2.45, 2.75) is 5.37 Å². The lowest BCUT2D eigenvalue weighted by Crippen LogP contribution is -2.42. The van der Waals surface area contributed by atoms with Crippen LogP contribution in [-0.2, 0) is 4.79 Å². The van der Waals surface area contributed by atoms with E-state index in [9.17, 15) is 9.59 Å². The van der Waals surface area contributed by atoms with E-state index in [1.54, 1.807) is 0 Å². The molecule has 5 nitrogen and oxygen atoms in total. The van der Waals surface area contributed by atoms with Crippen molar-refractivity contribution < 1.29 is 9.59 Å². The van der Waals surface area contributed by atoms with Gasteiger partial charge in [-0.05, 0) is 16.3 Å². The van der Waals surface area contributed by atoms with Crippen LogP contribution in [0.5, 0.6) is 0 Å². The van der Waals surface area contributed by atoms with Crippen LogP contribution in [0.3, 0.4) is 0 Å². The molecule has 106 valence electrons. The van der Waals surface area contributed by atoms with Gasteiger partial charge in [0.1, 0.15) is 17.0 Å². The highest BCUT2D eigenvalue weighted by Crippen LogP contribution is 2.44. The van der Waals surface area contributed by atoms with E-state index < -0.39 is 6.03 Å². The summed E-state index contributed by atoms with van der Waals surface area (Å²) in [4.78, 5) is 24.4. The predicted octanol–water partition coefficient (Wildman–Crippen LogP) is 2.19. The maximum absolute atomic E-state index is 12.0. The van der Waals surface area contributed by atoms with Gasteiger partial charge in [0, 0.05) is 5.75 Å². The van der Waals surface area contributed by atoms with Crippen molar-refractivity contribution in [3.63, 3.8) is 0 Å². The van der Waals surface area contributed by atoms with E-state index in [4.69, 9.17) is 5.84 Å². The zero-order valence-electron chi connectivity index (χ0n) is 11.1. The van der Waals surface area contributed by atoms with Crippen molar-refractivity contribution in [1.29, 1.82) is 0 Å². The van der Waals surface area contributed by atoms with Gasteiger partial charge >= 0.3 is 6.03 Å². The normalized spacial score (nSPS) is 17.9. The standard InChI is InChI=1S/C15H13N3O2S/c16-17-15(20)18-11(8-19)9-21-14(18)13-7-3-5-10-4-1-2-6-12(10)13/h1-7,14H,9,16H2,(H,17,20). The van der Waals surface area contributed by atoms with Crippen molar-refractivity contribution in [3.05, 3.63) is 53.7 Å². The highest BCUT2D eigenvalue weighted by Gasteiger charge is 2.36. The second-order valence-corrected chi connectivity index (χ2v) is 5.67. The molecule has 3 rings (SSSR count). The van der Waals surface area contributed by atoms with Gasteiger partial charge in [0.15, 0.2) is 0 Å². The Hall–Kier alpha value is -2.27. The SMILES string of the molecule is NNC(=O)N1C(=C=O)CSC1c1cccc2ccccc12. The van der Waals surface area contributed by atoms with E-state index in [1.165, 1.54) is 16.7 Å². The number of carbonyl (C=O) groups excluding carboxylic acids is 2. The van der Waals surface area contributed by atoms with E-state index in [0.717, 1.165) is 16.3 Å². The lowest BCUT2D eigenvalue weighted by molar-refractivity contribution is 0.211. The van der Waals surface area contributed by atoms with Gasteiger partial charge in [-0.15, -0.1) is 11.8 Å². The zero-order chi connectivity index (χ0) is 14.8. The highest BCUT2D eigenvalue weighted by molar-refractivity contribution is 8.00. The predicted molar refractivity (Wildman–Crippen MR) is 82.9 cm³/mol. The average Bonchev–Trinajstić information content (AvgIpc) is 2.97. The first-order valence-electron chi connectivity index (χ1n) is 6.39. The molecule has 2 aromatic carbocycles. The summed E-state index contributed by atoms with van der Waals surface area (Å²) < 4.78 is 0. The summed E-state index contributed by atoms with van der Waals surface area (Å²) in [7, 11) is 0. The first-order chi connectivity index (χ1) is 10.3. The Morgan fingerprint density at radius 2 is 2.05 bits per heavy atom. The summed E-state index contributed by atoms with van der Waals surface area (Å²) in [5.41, 5.74) is 3.38. The molecule has 3 N–H and O–H groups in total. The Balaban J connectivity index is 2.13. The van der Waals surface area contributed by atoms with Crippen LogP contribution in [-0.4, -0.2) is 22.6 Å². The second kappa shape index (κ2) is 5.61. The summed E-state index contributed by atoms with van der Waals surface area (Å²) >= 11 is 1.50. The minimum absolute atomic E-state index is 0.281. The quantitative estimate of drug-likeness (QED) is 0.366. The molecule has 1 aliphatic heterocycles. The molecule has 1 heterocycles. The van der Waals surface area contributed by atoms with Crippen LogP contribution in [0.15, 0.2) is 48.2 Å². The summed E-state index contributed by atoms with van der Waals surface area (Å²) in [6.45, 7) is 0. The molecule has 0 saturated carbocycles. The largest absolute Gasteiger partial charge is 0.337 e. The highest BCUT2D eigenvalue weighted by atomic mass is 32.2. The Bertz CT molecular complexity index is 750. The van der Waals surface area contributed by atoms with Crippen LogP contribution in [0.2, 0.25) is 0 Å². The van der Waals surface area contributed by atoms with Crippen molar-refractivity contribution in [1.82, 2.24) is 10.3 Å². The Kier molecular flexibility index (Phi) is 3.66. The minimum atomic E-state index is -0.503. The van der Waals surface area contributed by atoms with Gasteiger partial charge in [-0.2, -0.15) is 0 Å². The molecule has 1 saturated heterocycles. The number of nitrogens with zero attached hydrogens (tertiary/aromatic N) is 1. The summed E-state index contributed by atoms with van der Waals surface area (Å²) in [5, 5.41) is 1.86. The van der Waals surface area contributed by atoms with Gasteiger partial charge in [-0.1, -0.05) is 42.5 Å². The maximum atomic E-state index is 12.0. The Morgan fingerprint density at radius 1 is 1.29 bits per heavy atom. The lowest BCUT2D eigenvalue weighted by atomic mass is 10.0. The van der Waals surface area contributed by atoms with Gasteiger partial charge in [0.25, 0.3) is 0 Å². The van der Waals surface area contributed by atoms with Gasteiger partial charge in [0.05, 0.1) is 0 Å². The van der Waals surface area contributed by atoms with Gasteiger partial charge in [-0.3, -0.25) is 10.3 Å². The number of hydrogen-bond donors (Lipinski definition) is 2. The molecule has 0 aliphatic carbocycles. The van der Waals surface area contributed by atoms with Crippen LogP contribution in [0.4, 0.5) is 4.79 Å². The maximum Gasteiger partial charge on any atom is 0.337 e. The number of fused-ring (bicyclic) bond motifs is 1. The van der Waals surface area contributed by atoms with E-state index in [0.29, 0.717) is 11.4 Å². The van der Waals surface area contributed by atoms with E-state index >= 15 is 0 Å².